The number of imide groups is 1. The van der Waals surface area contributed by atoms with Gasteiger partial charge in [-0.1, -0.05) is 61.7 Å². The molecule has 1 heterocycles. The van der Waals surface area contributed by atoms with Crippen molar-refractivity contribution in [2.45, 2.75) is 50.8 Å². The summed E-state index contributed by atoms with van der Waals surface area (Å²) in [4.78, 5) is 28.7. The Kier molecular flexibility index (Phi) is 6.07. The van der Waals surface area contributed by atoms with E-state index in [1.165, 1.54) is 29.7 Å². The summed E-state index contributed by atoms with van der Waals surface area (Å²) in [6.45, 7) is 1.25. The first-order valence-corrected chi connectivity index (χ1v) is 10.5. The Hall–Kier alpha value is -2.50. The summed E-state index contributed by atoms with van der Waals surface area (Å²) in [7, 11) is 0. The van der Waals surface area contributed by atoms with Gasteiger partial charge in [0, 0.05) is 19.1 Å². The normalized spacial score (nSPS) is 18.3. The number of aliphatic hydroxyl groups excluding tert-OH is 1. The van der Waals surface area contributed by atoms with Crippen molar-refractivity contribution in [2.24, 2.45) is 0 Å². The molecule has 29 heavy (non-hydrogen) atoms. The van der Waals surface area contributed by atoms with Gasteiger partial charge in [-0.3, -0.25) is 19.4 Å². The largest absolute Gasteiger partial charge is 0.390 e. The van der Waals surface area contributed by atoms with Crippen LogP contribution in [-0.4, -0.2) is 52.0 Å². The predicted molar refractivity (Wildman–Crippen MR) is 112 cm³/mol. The van der Waals surface area contributed by atoms with E-state index in [-0.39, 0.29) is 18.4 Å². The highest BCUT2D eigenvalue weighted by atomic mass is 16.3. The first kappa shape index (κ1) is 19.8. The summed E-state index contributed by atoms with van der Waals surface area (Å²) >= 11 is 0. The molecule has 152 valence electrons. The number of carbonyl (C=O) groups is 2. The van der Waals surface area contributed by atoms with Crippen molar-refractivity contribution in [1.29, 1.82) is 0 Å². The highest BCUT2D eigenvalue weighted by Crippen LogP contribution is 2.26. The summed E-state index contributed by atoms with van der Waals surface area (Å²) in [5.74, 6) is -0.617. The van der Waals surface area contributed by atoms with Crippen molar-refractivity contribution in [1.82, 2.24) is 9.80 Å². The molecule has 0 radical (unpaired) electrons. The minimum atomic E-state index is -0.775. The maximum absolute atomic E-state index is 12.6. The van der Waals surface area contributed by atoms with E-state index in [0.29, 0.717) is 23.7 Å². The van der Waals surface area contributed by atoms with Crippen molar-refractivity contribution in [3.05, 3.63) is 71.3 Å². The third-order valence-corrected chi connectivity index (χ3v) is 6.04. The molecule has 2 aromatic rings. The molecule has 1 fully saturated rings. The van der Waals surface area contributed by atoms with Gasteiger partial charge >= 0.3 is 0 Å². The highest BCUT2D eigenvalue weighted by Gasteiger charge is 2.36. The second-order valence-corrected chi connectivity index (χ2v) is 8.13. The average molecular weight is 392 g/mol. The Bertz CT molecular complexity index is 826. The third kappa shape index (κ3) is 4.41. The zero-order valence-electron chi connectivity index (χ0n) is 16.7. The number of amides is 2. The molecule has 1 unspecified atom stereocenters. The van der Waals surface area contributed by atoms with Crippen molar-refractivity contribution in [3.8, 4) is 0 Å². The van der Waals surface area contributed by atoms with Gasteiger partial charge in [-0.15, -0.1) is 0 Å². The molecular formula is C24H28N2O3. The van der Waals surface area contributed by atoms with Gasteiger partial charge in [0.15, 0.2) is 0 Å². The minimum Gasteiger partial charge on any atom is -0.390 e. The lowest BCUT2D eigenvalue weighted by Gasteiger charge is -2.36. The molecule has 2 aromatic carbocycles. The molecule has 1 aliphatic carbocycles. The Morgan fingerprint density at radius 3 is 2.10 bits per heavy atom. The van der Waals surface area contributed by atoms with Gasteiger partial charge in [0.25, 0.3) is 11.8 Å². The maximum atomic E-state index is 12.6. The van der Waals surface area contributed by atoms with Gasteiger partial charge in [-0.05, 0) is 30.5 Å². The first-order valence-electron chi connectivity index (χ1n) is 10.5. The number of fused-ring (bicyclic) bond motifs is 1. The van der Waals surface area contributed by atoms with Crippen LogP contribution in [0.4, 0.5) is 0 Å². The van der Waals surface area contributed by atoms with E-state index in [4.69, 9.17) is 0 Å². The molecule has 1 saturated carbocycles. The van der Waals surface area contributed by atoms with Crippen LogP contribution in [0.5, 0.6) is 0 Å². The number of hydrogen-bond donors (Lipinski definition) is 1. The molecule has 2 aliphatic rings. The molecule has 5 heteroatoms. The summed E-state index contributed by atoms with van der Waals surface area (Å²) in [6, 6.07) is 17.6. The predicted octanol–water partition coefficient (Wildman–Crippen LogP) is 3.48. The van der Waals surface area contributed by atoms with Gasteiger partial charge in [-0.2, -0.15) is 0 Å². The Morgan fingerprint density at radius 2 is 1.48 bits per heavy atom. The molecule has 1 aliphatic heterocycles. The smallest absolute Gasteiger partial charge is 0.261 e. The lowest BCUT2D eigenvalue weighted by atomic mass is 9.93. The molecule has 0 spiro atoms. The zero-order valence-corrected chi connectivity index (χ0v) is 16.7. The number of β-amino-alcohol motifs (C(OH)–C–C–N with tert-alkyl or cyclic N) is 1. The maximum Gasteiger partial charge on any atom is 0.261 e. The standard InChI is InChI=1S/C24H28N2O3/c27-20(17-26-23(28)21-13-7-8-14-22(21)24(26)29)16-25(19-11-5-2-6-12-19)15-18-9-3-1-4-10-18/h1,3-4,7-10,13-14,19-20,27H,2,5-6,11-12,15-17H2. The first-order chi connectivity index (χ1) is 14.1. The van der Waals surface area contributed by atoms with Crippen LogP contribution < -0.4 is 0 Å². The van der Waals surface area contributed by atoms with Crippen molar-refractivity contribution >= 4 is 11.8 Å². The fourth-order valence-corrected chi connectivity index (χ4v) is 4.55. The fourth-order valence-electron chi connectivity index (χ4n) is 4.55. The van der Waals surface area contributed by atoms with Gasteiger partial charge < -0.3 is 5.11 Å². The van der Waals surface area contributed by atoms with Crippen LogP contribution in [0, 0.1) is 0 Å². The topological polar surface area (TPSA) is 60.9 Å². The monoisotopic (exact) mass is 392 g/mol. The molecule has 0 bridgehead atoms. The van der Waals surface area contributed by atoms with Gasteiger partial charge in [0.1, 0.15) is 0 Å². The molecular weight excluding hydrogens is 364 g/mol. The number of aliphatic hydroxyl groups is 1. The number of nitrogens with zero attached hydrogens (tertiary/aromatic N) is 2. The highest BCUT2D eigenvalue weighted by molar-refractivity contribution is 6.21. The SMILES string of the molecule is O=C1c2ccccc2C(=O)N1CC(O)CN(Cc1ccccc1)C1CCCCC1. The van der Waals surface area contributed by atoms with E-state index in [1.54, 1.807) is 24.3 Å². The van der Waals surface area contributed by atoms with Gasteiger partial charge in [-0.25, -0.2) is 0 Å². The fraction of sp³-hybridized carbons (Fsp3) is 0.417. The number of carbonyl (C=O) groups excluding carboxylic acids is 2. The van der Waals surface area contributed by atoms with Crippen LogP contribution in [0.3, 0.4) is 0 Å². The van der Waals surface area contributed by atoms with Crippen molar-refractivity contribution in [2.75, 3.05) is 13.1 Å². The Labute approximate surface area is 171 Å². The summed E-state index contributed by atoms with van der Waals surface area (Å²) in [6.07, 6.45) is 5.18. The molecule has 0 aromatic heterocycles. The second-order valence-electron chi connectivity index (χ2n) is 8.13. The van der Waals surface area contributed by atoms with Crippen LogP contribution in [-0.2, 0) is 6.54 Å². The van der Waals surface area contributed by atoms with Crippen molar-refractivity contribution < 1.29 is 14.7 Å². The van der Waals surface area contributed by atoms with Crippen LogP contribution in [0.1, 0.15) is 58.4 Å². The van der Waals surface area contributed by atoms with Crippen LogP contribution >= 0.6 is 0 Å². The van der Waals surface area contributed by atoms with Crippen molar-refractivity contribution in [3.63, 3.8) is 0 Å². The lowest BCUT2D eigenvalue weighted by molar-refractivity contribution is 0.0366. The van der Waals surface area contributed by atoms with E-state index in [1.807, 2.05) is 18.2 Å². The van der Waals surface area contributed by atoms with Crippen LogP contribution in [0.2, 0.25) is 0 Å². The summed E-state index contributed by atoms with van der Waals surface area (Å²) in [5.41, 5.74) is 2.07. The molecule has 4 rings (SSSR count). The van der Waals surface area contributed by atoms with E-state index < -0.39 is 6.10 Å². The van der Waals surface area contributed by atoms with E-state index >= 15 is 0 Å². The second kappa shape index (κ2) is 8.89. The number of rotatable bonds is 7. The lowest BCUT2D eigenvalue weighted by Crippen LogP contribution is -2.46. The average Bonchev–Trinajstić information content (AvgIpc) is 3.00. The molecule has 5 nitrogen and oxygen atoms in total. The number of benzene rings is 2. The Morgan fingerprint density at radius 1 is 0.897 bits per heavy atom. The van der Waals surface area contributed by atoms with E-state index in [0.717, 1.165) is 19.4 Å². The minimum absolute atomic E-state index is 0.0321. The molecule has 1 atom stereocenters. The number of hydrogen-bond acceptors (Lipinski definition) is 4. The quantitative estimate of drug-likeness (QED) is 0.733. The van der Waals surface area contributed by atoms with Crippen LogP contribution in [0.15, 0.2) is 54.6 Å². The third-order valence-electron chi connectivity index (χ3n) is 6.04. The summed E-state index contributed by atoms with van der Waals surface area (Å²) in [5, 5.41) is 10.8. The molecule has 0 saturated heterocycles. The van der Waals surface area contributed by atoms with Gasteiger partial charge in [0.05, 0.1) is 23.8 Å². The van der Waals surface area contributed by atoms with Crippen LogP contribution in [0.25, 0.3) is 0 Å². The zero-order chi connectivity index (χ0) is 20.2. The van der Waals surface area contributed by atoms with E-state index in [2.05, 4.69) is 17.0 Å². The Balaban J connectivity index is 1.44. The van der Waals surface area contributed by atoms with Gasteiger partial charge in [0.2, 0.25) is 0 Å². The molecule has 2 amide bonds. The van der Waals surface area contributed by atoms with E-state index in [9.17, 15) is 14.7 Å². The molecule has 1 N–H and O–H groups in total. The summed E-state index contributed by atoms with van der Waals surface area (Å²) < 4.78 is 0.